The van der Waals surface area contributed by atoms with Gasteiger partial charge in [0, 0.05) is 18.7 Å². The zero-order chi connectivity index (χ0) is 17.6. The lowest BCUT2D eigenvalue weighted by Crippen LogP contribution is -2.37. The molecule has 1 aromatic heterocycles. The molecule has 0 spiro atoms. The Hall–Kier alpha value is -2.57. The summed E-state index contributed by atoms with van der Waals surface area (Å²) in [5.41, 5.74) is 2.13. The average molecular weight is 331 g/mol. The molecule has 2 aromatic rings. The lowest BCUT2D eigenvalue weighted by molar-refractivity contribution is -0.142. The van der Waals surface area contributed by atoms with Gasteiger partial charge in [0.1, 0.15) is 11.3 Å². The molecule has 3 rings (SSSR count). The number of rotatable bonds is 2. The Morgan fingerprint density at radius 3 is 2.54 bits per heavy atom. The highest BCUT2D eigenvalue weighted by molar-refractivity contribution is 6.05. The van der Waals surface area contributed by atoms with Crippen LogP contribution in [0.3, 0.4) is 0 Å². The van der Waals surface area contributed by atoms with E-state index in [1.54, 1.807) is 20.8 Å². The molecule has 1 amide bonds. The van der Waals surface area contributed by atoms with Crippen LogP contribution in [0.2, 0.25) is 0 Å². The molecule has 2 atom stereocenters. The lowest BCUT2D eigenvalue weighted by atomic mass is 10.0. The summed E-state index contributed by atoms with van der Waals surface area (Å²) in [5, 5.41) is 9.22. The second kappa shape index (κ2) is 5.81. The molecule has 0 aliphatic carbocycles. The van der Waals surface area contributed by atoms with Crippen molar-refractivity contribution in [3.63, 3.8) is 0 Å². The van der Waals surface area contributed by atoms with E-state index in [2.05, 4.69) is 9.97 Å². The summed E-state index contributed by atoms with van der Waals surface area (Å²) in [6, 6.07) is 1.95. The van der Waals surface area contributed by atoms with Crippen molar-refractivity contribution in [1.82, 2.24) is 14.9 Å². The molecule has 126 valence electrons. The van der Waals surface area contributed by atoms with Gasteiger partial charge in [0.05, 0.1) is 28.4 Å². The summed E-state index contributed by atoms with van der Waals surface area (Å²) in [5.74, 6) is -2.50. The molecule has 6 nitrogen and oxygen atoms in total. The molecular formula is C17H18FN3O3. The number of likely N-dealkylation sites (tertiary alicyclic amines) is 1. The summed E-state index contributed by atoms with van der Waals surface area (Å²) in [6.07, 6.45) is 0.388. The zero-order valence-corrected chi connectivity index (χ0v) is 13.7. The number of carboxylic acids is 1. The van der Waals surface area contributed by atoms with Gasteiger partial charge in [0.2, 0.25) is 0 Å². The number of halogens is 1. The topological polar surface area (TPSA) is 83.4 Å². The maximum absolute atomic E-state index is 13.9. The van der Waals surface area contributed by atoms with E-state index in [-0.39, 0.29) is 5.56 Å². The second-order valence-electron chi connectivity index (χ2n) is 6.19. The number of nitrogens with zero attached hydrogens (tertiary/aromatic N) is 3. The van der Waals surface area contributed by atoms with Crippen molar-refractivity contribution in [3.05, 3.63) is 34.9 Å². The fraction of sp³-hybridized carbons (Fsp3) is 0.412. The van der Waals surface area contributed by atoms with Gasteiger partial charge in [-0.15, -0.1) is 0 Å². The number of carboxylic acid groups (broad SMARTS) is 1. The fourth-order valence-corrected chi connectivity index (χ4v) is 3.17. The highest BCUT2D eigenvalue weighted by Gasteiger charge is 2.39. The van der Waals surface area contributed by atoms with Crippen LogP contribution in [0.1, 0.15) is 35.1 Å². The number of carbonyl (C=O) groups is 2. The smallest absolute Gasteiger partial charge is 0.308 e. The Morgan fingerprint density at radius 2 is 1.92 bits per heavy atom. The van der Waals surface area contributed by atoms with Gasteiger partial charge >= 0.3 is 5.97 Å². The van der Waals surface area contributed by atoms with Crippen molar-refractivity contribution in [2.24, 2.45) is 5.92 Å². The quantitative estimate of drug-likeness (QED) is 0.913. The molecule has 1 N–H and O–H groups in total. The van der Waals surface area contributed by atoms with Gasteiger partial charge in [-0.25, -0.2) is 14.4 Å². The van der Waals surface area contributed by atoms with Gasteiger partial charge < -0.3 is 10.0 Å². The third-order valence-corrected chi connectivity index (χ3v) is 4.71. The number of fused-ring (bicyclic) bond motifs is 1. The van der Waals surface area contributed by atoms with Crippen LogP contribution in [-0.4, -0.2) is 44.4 Å². The molecule has 1 aromatic carbocycles. The summed E-state index contributed by atoms with van der Waals surface area (Å²) in [4.78, 5) is 34.3. The molecular weight excluding hydrogens is 313 g/mol. The van der Waals surface area contributed by atoms with Crippen molar-refractivity contribution < 1.29 is 19.1 Å². The van der Waals surface area contributed by atoms with Gasteiger partial charge in [-0.1, -0.05) is 0 Å². The average Bonchev–Trinajstić information content (AvgIpc) is 2.89. The first-order valence-corrected chi connectivity index (χ1v) is 7.78. The van der Waals surface area contributed by atoms with Gasteiger partial charge in [0.15, 0.2) is 0 Å². The van der Waals surface area contributed by atoms with Crippen molar-refractivity contribution >= 4 is 22.9 Å². The van der Waals surface area contributed by atoms with Crippen LogP contribution in [0.4, 0.5) is 4.39 Å². The largest absolute Gasteiger partial charge is 0.481 e. The highest BCUT2D eigenvalue weighted by Crippen LogP contribution is 2.28. The van der Waals surface area contributed by atoms with Crippen LogP contribution >= 0.6 is 0 Å². The molecule has 1 aliphatic heterocycles. The van der Waals surface area contributed by atoms with Crippen LogP contribution in [0, 0.1) is 25.6 Å². The van der Waals surface area contributed by atoms with E-state index in [1.165, 1.54) is 11.0 Å². The van der Waals surface area contributed by atoms with Crippen LogP contribution in [0.25, 0.3) is 11.0 Å². The van der Waals surface area contributed by atoms with Crippen molar-refractivity contribution in [2.45, 2.75) is 33.2 Å². The monoisotopic (exact) mass is 331 g/mol. The molecule has 7 heteroatoms. The maximum Gasteiger partial charge on any atom is 0.308 e. The molecule has 1 aliphatic rings. The van der Waals surface area contributed by atoms with E-state index in [0.717, 1.165) is 6.07 Å². The summed E-state index contributed by atoms with van der Waals surface area (Å²) in [7, 11) is 0. The Kier molecular flexibility index (Phi) is 3.95. The van der Waals surface area contributed by atoms with E-state index in [4.69, 9.17) is 0 Å². The molecule has 24 heavy (non-hydrogen) atoms. The molecule has 0 bridgehead atoms. The third kappa shape index (κ3) is 2.60. The second-order valence-corrected chi connectivity index (χ2v) is 6.19. The number of aryl methyl sites for hydroxylation is 2. The Labute approximate surface area is 138 Å². The maximum atomic E-state index is 13.9. The molecule has 2 heterocycles. The van der Waals surface area contributed by atoms with E-state index in [9.17, 15) is 19.1 Å². The van der Waals surface area contributed by atoms with Gasteiger partial charge in [-0.05, 0) is 33.3 Å². The van der Waals surface area contributed by atoms with Crippen LogP contribution in [-0.2, 0) is 4.79 Å². The van der Waals surface area contributed by atoms with E-state index < -0.39 is 29.7 Å². The summed E-state index contributed by atoms with van der Waals surface area (Å²) >= 11 is 0. The summed E-state index contributed by atoms with van der Waals surface area (Å²) < 4.78 is 13.9. The zero-order valence-electron chi connectivity index (χ0n) is 13.7. The third-order valence-electron chi connectivity index (χ3n) is 4.71. The highest BCUT2D eigenvalue weighted by atomic mass is 19.1. The summed E-state index contributed by atoms with van der Waals surface area (Å²) in [6.45, 7) is 5.58. The molecule has 1 fully saturated rings. The minimum absolute atomic E-state index is 0.124. The van der Waals surface area contributed by atoms with Gasteiger partial charge in [0.25, 0.3) is 5.91 Å². The number of aromatic nitrogens is 2. The number of amides is 1. The number of hydrogen-bond donors (Lipinski definition) is 1. The number of benzene rings is 1. The van der Waals surface area contributed by atoms with E-state index in [0.29, 0.717) is 35.4 Å². The molecule has 1 saturated heterocycles. The van der Waals surface area contributed by atoms with Gasteiger partial charge in [-0.3, -0.25) is 9.59 Å². The number of aliphatic carboxylic acids is 1. The lowest BCUT2D eigenvalue weighted by Gasteiger charge is -2.23. The van der Waals surface area contributed by atoms with Crippen molar-refractivity contribution in [2.75, 3.05) is 6.54 Å². The van der Waals surface area contributed by atoms with Crippen molar-refractivity contribution in [1.29, 1.82) is 0 Å². The first-order valence-electron chi connectivity index (χ1n) is 7.78. The number of hydrogen-bond acceptors (Lipinski definition) is 4. The Balaban J connectivity index is 2.07. The van der Waals surface area contributed by atoms with E-state index in [1.807, 2.05) is 0 Å². The first kappa shape index (κ1) is 16.3. The minimum atomic E-state index is -0.923. The van der Waals surface area contributed by atoms with Crippen molar-refractivity contribution in [3.8, 4) is 0 Å². The Bertz CT molecular complexity index is 853. The fourth-order valence-electron chi connectivity index (χ4n) is 3.17. The molecule has 0 saturated carbocycles. The molecule has 2 unspecified atom stereocenters. The Morgan fingerprint density at radius 1 is 1.25 bits per heavy atom. The first-order chi connectivity index (χ1) is 11.3. The SMILES string of the molecule is Cc1nc2cc(F)cc(C(=O)N3CCC(C(=O)O)C3C)c2nc1C. The van der Waals surface area contributed by atoms with Crippen LogP contribution < -0.4 is 0 Å². The van der Waals surface area contributed by atoms with Crippen LogP contribution in [0.15, 0.2) is 12.1 Å². The minimum Gasteiger partial charge on any atom is -0.481 e. The number of carbonyl (C=O) groups excluding carboxylic acids is 1. The standard InChI is InChI=1S/C17H18FN3O3/c1-8-9(2)20-15-13(6-11(18)7-14(15)19-8)16(22)21-5-4-12(10(21)3)17(23)24/h6-7,10,12H,4-5H2,1-3H3,(H,23,24). The predicted octanol–water partition coefficient (Wildman–Crippen LogP) is 2.32. The van der Waals surface area contributed by atoms with Gasteiger partial charge in [-0.2, -0.15) is 0 Å². The predicted molar refractivity (Wildman–Crippen MR) is 85.2 cm³/mol. The molecule has 0 radical (unpaired) electrons. The van der Waals surface area contributed by atoms with E-state index >= 15 is 0 Å². The van der Waals surface area contributed by atoms with Crippen LogP contribution in [0.5, 0.6) is 0 Å². The normalized spacial score (nSPS) is 20.6.